The van der Waals surface area contributed by atoms with E-state index < -0.39 is 27.8 Å². The average Bonchev–Trinajstić information content (AvgIpc) is 3.31. The molecule has 8 nitrogen and oxygen atoms in total. The number of nitrogens with one attached hydrogen (secondary N) is 2. The Kier molecular flexibility index (Phi) is 8.40. The number of amides is 1. The number of carboxylic acid groups (broad SMARTS) is 1. The molecule has 0 aliphatic rings. The lowest BCUT2D eigenvalue weighted by atomic mass is 10.0. The Morgan fingerprint density at radius 2 is 1.71 bits per heavy atom. The van der Waals surface area contributed by atoms with Crippen LogP contribution in [-0.2, 0) is 33.9 Å². The van der Waals surface area contributed by atoms with Gasteiger partial charge in [0.25, 0.3) is 5.91 Å². The van der Waals surface area contributed by atoms with E-state index in [0.29, 0.717) is 12.0 Å². The van der Waals surface area contributed by atoms with Gasteiger partial charge in [-0.2, -0.15) is 5.10 Å². The summed E-state index contributed by atoms with van der Waals surface area (Å²) in [6.07, 6.45) is 5.05. The Labute approximate surface area is 229 Å². The van der Waals surface area contributed by atoms with Gasteiger partial charge in [-0.25, -0.2) is 13.2 Å². The molecule has 11 heteroatoms. The minimum Gasteiger partial charge on any atom is -0.480 e. The van der Waals surface area contributed by atoms with E-state index in [1.165, 1.54) is 18.2 Å². The first-order valence-corrected chi connectivity index (χ1v) is 14.4. The molecule has 0 aliphatic carbocycles. The van der Waals surface area contributed by atoms with Crippen LogP contribution in [0.3, 0.4) is 0 Å². The summed E-state index contributed by atoms with van der Waals surface area (Å²) in [5, 5.41) is 20.4. The van der Waals surface area contributed by atoms with Crippen LogP contribution in [0.15, 0.2) is 65.7 Å². The van der Waals surface area contributed by atoms with Gasteiger partial charge >= 0.3 is 5.97 Å². The van der Waals surface area contributed by atoms with Crippen molar-refractivity contribution in [1.29, 1.82) is 0 Å². The number of benzene rings is 3. The molecule has 0 aliphatic heterocycles. The predicted molar refractivity (Wildman–Crippen MR) is 147 cm³/mol. The molecular weight excluding hydrogens is 549 g/mol. The highest BCUT2D eigenvalue weighted by Gasteiger charge is 2.25. The standard InChI is InChI=1S/C27H25Cl2N3O5S/c1-38(36,37)20-7-3-6-17(10-20)14-24(27(34)35)31-26(33)25-21(28)11-18(12-22(25)29)5-2-4-16-8-9-19-15-30-32-23(19)13-16/h3,6-13,15,24H,2,4-5,14H2,1H3,(H,30,32)(H,31,33)(H,34,35). The van der Waals surface area contributed by atoms with Gasteiger partial charge in [0.2, 0.25) is 0 Å². The van der Waals surface area contributed by atoms with Crippen LogP contribution in [0.1, 0.15) is 33.5 Å². The van der Waals surface area contributed by atoms with Crippen molar-refractivity contribution in [2.24, 2.45) is 0 Å². The third-order valence-electron chi connectivity index (χ3n) is 6.14. The highest BCUT2D eigenvalue weighted by Crippen LogP contribution is 2.28. The molecule has 3 aromatic carbocycles. The first kappa shape index (κ1) is 27.6. The van der Waals surface area contributed by atoms with Crippen LogP contribution in [0.25, 0.3) is 10.9 Å². The van der Waals surface area contributed by atoms with Crippen molar-refractivity contribution in [1.82, 2.24) is 15.5 Å². The van der Waals surface area contributed by atoms with Gasteiger partial charge in [-0.1, -0.05) is 47.5 Å². The number of aryl methyl sites for hydroxylation is 2. The van der Waals surface area contributed by atoms with Crippen molar-refractivity contribution in [2.75, 3.05) is 6.26 Å². The number of rotatable bonds is 10. The fourth-order valence-electron chi connectivity index (χ4n) is 4.19. The first-order valence-electron chi connectivity index (χ1n) is 11.7. The highest BCUT2D eigenvalue weighted by molar-refractivity contribution is 7.90. The first-order chi connectivity index (χ1) is 18.0. The summed E-state index contributed by atoms with van der Waals surface area (Å²) in [6, 6.07) is 14.1. The molecule has 1 amide bonds. The van der Waals surface area contributed by atoms with E-state index in [-0.39, 0.29) is 26.9 Å². The molecule has 4 rings (SSSR count). The summed E-state index contributed by atoms with van der Waals surface area (Å²) in [6.45, 7) is 0. The van der Waals surface area contributed by atoms with Crippen LogP contribution in [-0.4, -0.2) is 47.9 Å². The smallest absolute Gasteiger partial charge is 0.326 e. The highest BCUT2D eigenvalue weighted by atomic mass is 35.5. The number of sulfone groups is 1. The monoisotopic (exact) mass is 573 g/mol. The van der Waals surface area contributed by atoms with E-state index in [4.69, 9.17) is 23.2 Å². The predicted octanol–water partition coefficient (Wildman–Crippen LogP) is 4.87. The SMILES string of the molecule is CS(=O)(=O)c1cccc(CC(NC(=O)c2c(Cl)cc(CCCc3ccc4cn[nH]c4c3)cc2Cl)C(=O)O)c1. The molecule has 1 unspecified atom stereocenters. The number of aliphatic carboxylic acids is 1. The summed E-state index contributed by atoms with van der Waals surface area (Å²) in [4.78, 5) is 24.9. The van der Waals surface area contributed by atoms with Crippen molar-refractivity contribution in [2.45, 2.75) is 36.6 Å². The average molecular weight is 574 g/mol. The second kappa shape index (κ2) is 11.6. The number of aromatic amines is 1. The molecule has 4 aromatic rings. The maximum atomic E-state index is 13.0. The number of hydrogen-bond acceptors (Lipinski definition) is 5. The lowest BCUT2D eigenvalue weighted by molar-refractivity contribution is -0.139. The second-order valence-electron chi connectivity index (χ2n) is 9.07. The number of hydrogen-bond donors (Lipinski definition) is 3. The third-order valence-corrected chi connectivity index (χ3v) is 7.84. The Morgan fingerprint density at radius 1 is 1.00 bits per heavy atom. The summed E-state index contributed by atoms with van der Waals surface area (Å²) >= 11 is 12.8. The summed E-state index contributed by atoms with van der Waals surface area (Å²) in [5.41, 5.74) is 3.42. The van der Waals surface area contributed by atoms with Crippen molar-refractivity contribution >= 4 is 55.8 Å². The molecule has 38 heavy (non-hydrogen) atoms. The fraction of sp³-hybridized carbons (Fsp3) is 0.222. The van der Waals surface area contributed by atoms with Gasteiger partial charge in [-0.15, -0.1) is 0 Å². The summed E-state index contributed by atoms with van der Waals surface area (Å²) < 4.78 is 23.7. The Hall–Kier alpha value is -3.40. The quantitative estimate of drug-likeness (QED) is 0.248. The number of carbonyl (C=O) groups excluding carboxylic acids is 1. The number of halogens is 2. The summed E-state index contributed by atoms with van der Waals surface area (Å²) in [7, 11) is -3.47. The van der Waals surface area contributed by atoms with E-state index >= 15 is 0 Å². The van der Waals surface area contributed by atoms with Crippen molar-refractivity contribution in [3.8, 4) is 0 Å². The Bertz CT molecular complexity index is 1600. The molecule has 198 valence electrons. The van der Waals surface area contributed by atoms with Gasteiger partial charge in [-0.05, 0) is 66.3 Å². The van der Waals surface area contributed by atoms with Crippen LogP contribution in [0.5, 0.6) is 0 Å². The molecule has 1 heterocycles. The van der Waals surface area contributed by atoms with Gasteiger partial charge < -0.3 is 10.4 Å². The van der Waals surface area contributed by atoms with Crippen molar-refractivity contribution < 1.29 is 23.1 Å². The molecule has 0 saturated carbocycles. The third kappa shape index (κ3) is 6.72. The maximum absolute atomic E-state index is 13.0. The molecular formula is C27H25Cl2N3O5S. The second-order valence-corrected chi connectivity index (χ2v) is 11.9. The molecule has 0 fully saturated rings. The van der Waals surface area contributed by atoms with Gasteiger partial charge in [0.15, 0.2) is 9.84 Å². The zero-order valence-electron chi connectivity index (χ0n) is 20.4. The molecule has 0 bridgehead atoms. The number of H-pyrrole nitrogens is 1. The number of carbonyl (C=O) groups is 2. The van der Waals surface area contributed by atoms with E-state index in [9.17, 15) is 23.1 Å². The fourth-order valence-corrected chi connectivity index (χ4v) is 5.59. The van der Waals surface area contributed by atoms with Crippen LogP contribution in [0.2, 0.25) is 10.0 Å². The Balaban J connectivity index is 1.42. The van der Waals surface area contributed by atoms with E-state index in [0.717, 1.165) is 41.1 Å². The van der Waals surface area contributed by atoms with Gasteiger partial charge in [0.05, 0.1) is 32.2 Å². The maximum Gasteiger partial charge on any atom is 0.326 e. The largest absolute Gasteiger partial charge is 0.480 e. The zero-order chi connectivity index (χ0) is 27.4. The molecule has 0 saturated heterocycles. The van der Waals surface area contributed by atoms with E-state index in [2.05, 4.69) is 27.6 Å². The molecule has 3 N–H and O–H groups in total. The van der Waals surface area contributed by atoms with Crippen molar-refractivity contribution in [3.05, 3.63) is 93.1 Å². The van der Waals surface area contributed by atoms with Crippen molar-refractivity contribution in [3.63, 3.8) is 0 Å². The minimum atomic E-state index is -3.47. The minimum absolute atomic E-state index is 0.0158. The molecule has 0 spiro atoms. The summed E-state index contributed by atoms with van der Waals surface area (Å²) in [5.74, 6) is -2.01. The van der Waals surface area contributed by atoms with Gasteiger partial charge in [0, 0.05) is 18.1 Å². The van der Waals surface area contributed by atoms with E-state index in [1.54, 1.807) is 24.4 Å². The number of fused-ring (bicyclic) bond motifs is 1. The number of carboxylic acids is 1. The van der Waals surface area contributed by atoms with Crippen LogP contribution >= 0.6 is 23.2 Å². The van der Waals surface area contributed by atoms with Gasteiger partial charge in [0.1, 0.15) is 6.04 Å². The van der Waals surface area contributed by atoms with Crippen LogP contribution < -0.4 is 5.32 Å². The molecule has 1 atom stereocenters. The lowest BCUT2D eigenvalue weighted by Crippen LogP contribution is -2.42. The lowest BCUT2D eigenvalue weighted by Gasteiger charge is -2.17. The molecule has 0 radical (unpaired) electrons. The normalized spacial score (nSPS) is 12.4. The van der Waals surface area contributed by atoms with Crippen LogP contribution in [0.4, 0.5) is 0 Å². The number of nitrogens with zero attached hydrogens (tertiary/aromatic N) is 1. The van der Waals surface area contributed by atoms with Crippen LogP contribution in [0, 0.1) is 0 Å². The zero-order valence-corrected chi connectivity index (χ0v) is 22.7. The topological polar surface area (TPSA) is 129 Å². The van der Waals surface area contributed by atoms with Gasteiger partial charge in [-0.3, -0.25) is 9.89 Å². The molecule has 1 aromatic heterocycles. The number of aromatic nitrogens is 2. The Morgan fingerprint density at radius 3 is 2.39 bits per heavy atom. The van der Waals surface area contributed by atoms with E-state index in [1.807, 2.05) is 6.07 Å².